The second kappa shape index (κ2) is 15.0. The molecule has 3 aliphatic rings. The molecule has 2 aromatic carbocycles. The van der Waals surface area contributed by atoms with Crippen molar-refractivity contribution in [2.45, 2.75) is 63.1 Å². The fraction of sp³-hybridized carbons (Fsp3) is 0.529. The zero-order valence-electron chi connectivity index (χ0n) is 25.6. The summed E-state index contributed by atoms with van der Waals surface area (Å²) in [6.45, 7) is 7.74. The van der Waals surface area contributed by atoms with Crippen molar-refractivity contribution in [3.63, 3.8) is 0 Å². The molecule has 0 aromatic heterocycles. The number of piperidine rings is 1. The Bertz CT molecular complexity index is 1340. The number of halogens is 1. The molecule has 3 unspecified atom stereocenters. The molecule has 5 rings (SSSR count). The number of non-ortho nitro benzene ring substituents is 1. The Labute approximate surface area is 263 Å². The average molecular weight is 623 g/mol. The second-order valence-corrected chi connectivity index (χ2v) is 12.7. The third-order valence-corrected chi connectivity index (χ3v) is 9.81. The van der Waals surface area contributed by atoms with Gasteiger partial charge in [0.15, 0.2) is 0 Å². The molecule has 2 aromatic rings. The fourth-order valence-corrected chi connectivity index (χ4v) is 7.11. The summed E-state index contributed by atoms with van der Waals surface area (Å²) >= 11 is 0. The molecule has 45 heavy (non-hydrogen) atoms. The van der Waals surface area contributed by atoms with Crippen molar-refractivity contribution in [1.29, 1.82) is 0 Å². The molecule has 2 heterocycles. The number of amides is 1. The van der Waals surface area contributed by atoms with E-state index >= 15 is 0 Å². The van der Waals surface area contributed by atoms with Crippen molar-refractivity contribution in [2.75, 3.05) is 39.3 Å². The van der Waals surface area contributed by atoms with Crippen LogP contribution in [0.3, 0.4) is 0 Å². The molecular formula is C34H43FN4O6. The third kappa shape index (κ3) is 8.26. The molecule has 242 valence electrons. The largest absolute Gasteiger partial charge is 0.480 e. The number of hydrogen-bond acceptors (Lipinski definition) is 7. The Balaban J connectivity index is 1.19. The first-order valence-electron chi connectivity index (χ1n) is 15.9. The van der Waals surface area contributed by atoms with Crippen LogP contribution in [0.25, 0.3) is 0 Å². The normalized spacial score (nSPS) is 22.0. The molecular weight excluding hydrogens is 579 g/mol. The maximum Gasteiger partial charge on any atom is 0.410 e. The van der Waals surface area contributed by atoms with Gasteiger partial charge in [0.1, 0.15) is 18.5 Å². The number of rotatable bonds is 13. The smallest absolute Gasteiger partial charge is 0.410 e. The van der Waals surface area contributed by atoms with Gasteiger partial charge in [-0.05, 0) is 66.5 Å². The molecule has 2 aliphatic heterocycles. The van der Waals surface area contributed by atoms with E-state index < -0.39 is 23.0 Å². The van der Waals surface area contributed by atoms with Crippen LogP contribution in [0, 0.1) is 27.8 Å². The lowest BCUT2D eigenvalue weighted by atomic mass is 9.80. The maximum absolute atomic E-state index is 14.3. The number of aliphatic carboxylic acids is 1. The van der Waals surface area contributed by atoms with Gasteiger partial charge in [0, 0.05) is 63.4 Å². The van der Waals surface area contributed by atoms with Gasteiger partial charge in [0.2, 0.25) is 0 Å². The molecule has 3 fully saturated rings. The number of carboxylic acids is 1. The van der Waals surface area contributed by atoms with Crippen LogP contribution in [0.2, 0.25) is 0 Å². The lowest BCUT2D eigenvalue weighted by Crippen LogP contribution is -2.49. The molecule has 2 saturated heterocycles. The summed E-state index contributed by atoms with van der Waals surface area (Å²) in [5, 5.41) is 21.0. The van der Waals surface area contributed by atoms with E-state index in [1.807, 2.05) is 6.07 Å². The summed E-state index contributed by atoms with van der Waals surface area (Å²) in [6, 6.07) is 12.1. The molecule has 1 saturated carbocycles. The molecule has 11 heteroatoms. The van der Waals surface area contributed by atoms with Crippen molar-refractivity contribution < 1.29 is 28.7 Å². The number of likely N-dealkylation sites (tertiary alicyclic amines) is 2. The molecule has 0 spiro atoms. The lowest BCUT2D eigenvalue weighted by molar-refractivity contribution is -0.384. The zero-order chi connectivity index (χ0) is 31.9. The number of benzene rings is 2. The maximum atomic E-state index is 14.3. The van der Waals surface area contributed by atoms with Crippen LogP contribution >= 0.6 is 0 Å². The summed E-state index contributed by atoms with van der Waals surface area (Å²) in [5.41, 5.74) is 1.56. The number of nitro benzene ring substituents is 1. The van der Waals surface area contributed by atoms with Crippen molar-refractivity contribution in [3.8, 4) is 0 Å². The first-order chi connectivity index (χ1) is 21.7. The summed E-state index contributed by atoms with van der Waals surface area (Å²) in [7, 11) is 0. The van der Waals surface area contributed by atoms with Crippen molar-refractivity contribution in [3.05, 3.63) is 88.2 Å². The highest BCUT2D eigenvalue weighted by Crippen LogP contribution is 2.38. The quantitative estimate of drug-likeness (QED) is 0.172. The van der Waals surface area contributed by atoms with E-state index in [-0.39, 0.29) is 36.0 Å². The van der Waals surface area contributed by atoms with Crippen LogP contribution in [0.15, 0.2) is 61.2 Å². The van der Waals surface area contributed by atoms with Crippen LogP contribution in [-0.4, -0.2) is 88.1 Å². The summed E-state index contributed by atoms with van der Waals surface area (Å²) in [6.07, 6.45) is 6.76. The molecule has 1 amide bonds. The van der Waals surface area contributed by atoms with E-state index in [1.54, 1.807) is 35.2 Å². The van der Waals surface area contributed by atoms with E-state index in [1.165, 1.54) is 24.6 Å². The minimum absolute atomic E-state index is 0.0149. The van der Waals surface area contributed by atoms with Gasteiger partial charge in [0.25, 0.3) is 5.69 Å². The predicted octanol–water partition coefficient (Wildman–Crippen LogP) is 5.68. The van der Waals surface area contributed by atoms with Gasteiger partial charge in [-0.3, -0.25) is 19.8 Å². The average Bonchev–Trinajstić information content (AvgIpc) is 3.41. The molecule has 0 bridgehead atoms. The van der Waals surface area contributed by atoms with Crippen LogP contribution in [0.1, 0.15) is 55.6 Å². The SMILES string of the molecule is C=CCN(C(=O)OCc1ccc([N+](=O)[O-])cc1)C1CCN(CC2CN(C(CC3CCC3)C(=O)O)CC2c2cccc(F)c2)CC1. The minimum Gasteiger partial charge on any atom is -0.480 e. The summed E-state index contributed by atoms with van der Waals surface area (Å²) in [5.74, 6) is -0.395. The number of nitrogens with zero attached hydrogens (tertiary/aromatic N) is 4. The Morgan fingerprint density at radius 1 is 1.13 bits per heavy atom. The third-order valence-electron chi connectivity index (χ3n) is 9.81. The van der Waals surface area contributed by atoms with E-state index in [9.17, 15) is 29.2 Å². The lowest BCUT2D eigenvalue weighted by Gasteiger charge is -2.39. The Hall–Kier alpha value is -3.83. The van der Waals surface area contributed by atoms with Crippen molar-refractivity contribution in [1.82, 2.24) is 14.7 Å². The van der Waals surface area contributed by atoms with Gasteiger partial charge in [0.05, 0.1) is 4.92 Å². The van der Waals surface area contributed by atoms with Crippen LogP contribution in [0.4, 0.5) is 14.9 Å². The number of nitro groups is 1. The summed E-state index contributed by atoms with van der Waals surface area (Å²) < 4.78 is 19.8. The van der Waals surface area contributed by atoms with Gasteiger partial charge < -0.3 is 19.6 Å². The Kier molecular flexibility index (Phi) is 10.8. The van der Waals surface area contributed by atoms with Crippen molar-refractivity contribution >= 4 is 17.7 Å². The van der Waals surface area contributed by atoms with Gasteiger partial charge in [-0.15, -0.1) is 6.58 Å². The van der Waals surface area contributed by atoms with Crippen LogP contribution < -0.4 is 0 Å². The monoisotopic (exact) mass is 622 g/mol. The first-order valence-corrected chi connectivity index (χ1v) is 15.9. The highest BCUT2D eigenvalue weighted by atomic mass is 19.1. The Morgan fingerprint density at radius 3 is 2.47 bits per heavy atom. The van der Waals surface area contributed by atoms with Gasteiger partial charge in [-0.25, -0.2) is 9.18 Å². The highest BCUT2D eigenvalue weighted by molar-refractivity contribution is 5.73. The Morgan fingerprint density at radius 2 is 1.87 bits per heavy atom. The summed E-state index contributed by atoms with van der Waals surface area (Å²) in [4.78, 5) is 42.0. The van der Waals surface area contributed by atoms with Gasteiger partial charge in [-0.2, -0.15) is 0 Å². The fourth-order valence-electron chi connectivity index (χ4n) is 7.11. The standard InChI is InChI=1S/C34H43FN4O6/c1-2-15-38(34(42)45-23-25-9-11-30(12-10-25)39(43)44)29-13-16-36(17-14-29)20-27-21-37(32(33(40)41)18-24-5-3-6-24)22-31(27)26-7-4-8-28(35)19-26/h2,4,7-12,19,24,27,29,31-32H,1,3,5-6,13-18,20-23H2,(H,40,41). The number of carboxylic acid groups (broad SMARTS) is 1. The topological polar surface area (TPSA) is 116 Å². The second-order valence-electron chi connectivity index (χ2n) is 12.7. The predicted molar refractivity (Wildman–Crippen MR) is 167 cm³/mol. The molecule has 3 atom stereocenters. The first kappa shape index (κ1) is 32.6. The zero-order valence-corrected chi connectivity index (χ0v) is 25.6. The van der Waals surface area contributed by atoms with E-state index in [2.05, 4.69) is 16.4 Å². The molecule has 1 N–H and O–H groups in total. The van der Waals surface area contributed by atoms with Gasteiger partial charge >= 0.3 is 12.1 Å². The number of carbonyl (C=O) groups excluding carboxylic acids is 1. The van der Waals surface area contributed by atoms with Crippen LogP contribution in [-0.2, 0) is 16.1 Å². The minimum atomic E-state index is -0.774. The van der Waals surface area contributed by atoms with Crippen molar-refractivity contribution in [2.24, 2.45) is 11.8 Å². The molecule has 10 nitrogen and oxygen atoms in total. The van der Waals surface area contributed by atoms with E-state index in [4.69, 9.17) is 4.74 Å². The number of carbonyl (C=O) groups is 2. The number of hydrogen-bond donors (Lipinski definition) is 1. The highest BCUT2D eigenvalue weighted by Gasteiger charge is 2.42. The van der Waals surface area contributed by atoms with E-state index in [0.717, 1.165) is 50.9 Å². The molecule has 1 aliphatic carbocycles. The van der Waals surface area contributed by atoms with E-state index in [0.29, 0.717) is 37.5 Å². The molecule has 0 radical (unpaired) electrons. The van der Waals surface area contributed by atoms with Gasteiger partial charge in [-0.1, -0.05) is 37.5 Å². The number of ether oxygens (including phenoxy) is 1. The van der Waals surface area contributed by atoms with Crippen LogP contribution in [0.5, 0.6) is 0 Å².